The largest absolute Gasteiger partial charge is 0.371 e. The van der Waals surface area contributed by atoms with Crippen LogP contribution in [0.5, 0.6) is 0 Å². The van der Waals surface area contributed by atoms with Gasteiger partial charge in [-0.3, -0.25) is 9.78 Å². The van der Waals surface area contributed by atoms with Crippen molar-refractivity contribution in [3.05, 3.63) is 65.8 Å². The summed E-state index contributed by atoms with van der Waals surface area (Å²) in [7, 11) is 2.23. The van der Waals surface area contributed by atoms with Gasteiger partial charge in [0, 0.05) is 42.0 Å². The zero-order chi connectivity index (χ0) is 29.5. The molecule has 0 saturated carbocycles. The van der Waals surface area contributed by atoms with Crippen LogP contribution in [0, 0.1) is 12.3 Å². The molecule has 220 valence electrons. The quantitative estimate of drug-likeness (QED) is 0.337. The molecule has 6 rings (SSSR count). The molecule has 3 aromatic heterocycles. The van der Waals surface area contributed by atoms with Gasteiger partial charge < -0.3 is 19.6 Å². The molecule has 10 heteroatoms. The standard InChI is InChI=1S/C32H40N8O2/c1-22-27(18-24(20-33-22)30(41)34-29-19-28(42-36-29)31(2,3)4)40-21-26(35-37-40)23-7-6-8-25(17-23)39-15-11-32(12-16-39)9-13-38(5)14-10-32/h6-8,17-21H,9-16H2,1-5H3,(H,34,36,41). The minimum atomic E-state index is -0.325. The molecule has 1 aromatic carbocycles. The first-order valence-corrected chi connectivity index (χ1v) is 14.8. The van der Waals surface area contributed by atoms with E-state index >= 15 is 0 Å². The highest BCUT2D eigenvalue weighted by Gasteiger charge is 2.36. The van der Waals surface area contributed by atoms with Crippen molar-refractivity contribution in [2.45, 2.75) is 58.8 Å². The van der Waals surface area contributed by atoms with Crippen LogP contribution in [0.3, 0.4) is 0 Å². The summed E-state index contributed by atoms with van der Waals surface area (Å²) < 4.78 is 7.07. The number of benzene rings is 1. The van der Waals surface area contributed by atoms with Gasteiger partial charge in [-0.25, -0.2) is 4.68 Å². The number of hydrogen-bond donors (Lipinski definition) is 1. The van der Waals surface area contributed by atoms with Crippen LogP contribution >= 0.6 is 0 Å². The lowest BCUT2D eigenvalue weighted by Gasteiger charge is -2.46. The second-order valence-corrected chi connectivity index (χ2v) is 13.0. The molecular formula is C32H40N8O2. The molecular weight excluding hydrogens is 528 g/mol. The van der Waals surface area contributed by atoms with Gasteiger partial charge in [-0.15, -0.1) is 5.10 Å². The van der Waals surface area contributed by atoms with Crippen molar-refractivity contribution in [2.24, 2.45) is 5.41 Å². The molecule has 0 aliphatic carbocycles. The van der Waals surface area contributed by atoms with Crippen molar-refractivity contribution >= 4 is 17.4 Å². The van der Waals surface area contributed by atoms with Crippen molar-refractivity contribution in [3.63, 3.8) is 0 Å². The number of nitrogens with one attached hydrogen (secondary N) is 1. The van der Waals surface area contributed by atoms with E-state index in [4.69, 9.17) is 4.52 Å². The summed E-state index contributed by atoms with van der Waals surface area (Å²) in [4.78, 5) is 22.4. The van der Waals surface area contributed by atoms with Crippen LogP contribution in [-0.2, 0) is 5.41 Å². The lowest BCUT2D eigenvalue weighted by Crippen LogP contribution is -2.46. The van der Waals surface area contributed by atoms with Crippen molar-refractivity contribution in [3.8, 4) is 16.9 Å². The number of hydrogen-bond acceptors (Lipinski definition) is 8. The number of nitrogens with zero attached hydrogens (tertiary/aromatic N) is 7. The Morgan fingerprint density at radius 3 is 2.48 bits per heavy atom. The van der Waals surface area contributed by atoms with Gasteiger partial charge in [-0.05, 0) is 76.4 Å². The number of aryl methyl sites for hydroxylation is 1. The zero-order valence-corrected chi connectivity index (χ0v) is 25.2. The molecule has 0 bridgehead atoms. The van der Waals surface area contributed by atoms with E-state index in [2.05, 4.69) is 66.9 Å². The number of pyridine rings is 1. The predicted octanol–water partition coefficient (Wildman–Crippen LogP) is 5.49. The highest BCUT2D eigenvalue weighted by molar-refractivity contribution is 6.03. The second kappa shape index (κ2) is 11.0. The molecule has 0 atom stereocenters. The summed E-state index contributed by atoms with van der Waals surface area (Å²) in [6.07, 6.45) is 8.58. The summed E-state index contributed by atoms with van der Waals surface area (Å²) >= 11 is 0. The average molecular weight is 569 g/mol. The monoisotopic (exact) mass is 568 g/mol. The Hall–Kier alpha value is -4.05. The number of amides is 1. The molecule has 2 saturated heterocycles. The Balaban J connectivity index is 1.16. The molecule has 10 nitrogen and oxygen atoms in total. The first kappa shape index (κ1) is 28.1. The number of piperidine rings is 2. The van der Waals surface area contributed by atoms with Gasteiger partial charge in [0.15, 0.2) is 5.82 Å². The van der Waals surface area contributed by atoms with Gasteiger partial charge in [-0.1, -0.05) is 43.3 Å². The molecule has 1 amide bonds. The summed E-state index contributed by atoms with van der Waals surface area (Å²) in [6, 6.07) is 12.1. The smallest absolute Gasteiger partial charge is 0.258 e. The highest BCUT2D eigenvalue weighted by atomic mass is 16.5. The highest BCUT2D eigenvalue weighted by Crippen LogP contribution is 2.42. The van der Waals surface area contributed by atoms with Crippen LogP contribution in [0.25, 0.3) is 16.9 Å². The molecule has 0 unspecified atom stereocenters. The van der Waals surface area contributed by atoms with Crippen molar-refractivity contribution in [2.75, 3.05) is 43.4 Å². The molecule has 42 heavy (non-hydrogen) atoms. The molecule has 2 aliphatic rings. The van der Waals surface area contributed by atoms with E-state index in [1.165, 1.54) is 44.5 Å². The average Bonchev–Trinajstić information content (AvgIpc) is 3.66. The van der Waals surface area contributed by atoms with E-state index < -0.39 is 0 Å². The van der Waals surface area contributed by atoms with E-state index in [0.29, 0.717) is 28.2 Å². The third kappa shape index (κ3) is 5.81. The normalized spacial score (nSPS) is 17.5. The summed E-state index contributed by atoms with van der Waals surface area (Å²) in [6.45, 7) is 12.6. The van der Waals surface area contributed by atoms with Gasteiger partial charge in [0.25, 0.3) is 5.91 Å². The van der Waals surface area contributed by atoms with Gasteiger partial charge in [0.05, 0.1) is 23.1 Å². The Kier molecular flexibility index (Phi) is 7.34. The number of anilines is 2. The van der Waals surface area contributed by atoms with Crippen molar-refractivity contribution in [1.82, 2.24) is 30.0 Å². The maximum Gasteiger partial charge on any atom is 0.258 e. The van der Waals surface area contributed by atoms with Gasteiger partial charge >= 0.3 is 0 Å². The summed E-state index contributed by atoms with van der Waals surface area (Å²) in [5.41, 5.74) is 5.14. The fourth-order valence-electron chi connectivity index (χ4n) is 5.96. The Bertz CT molecular complexity index is 1570. The van der Waals surface area contributed by atoms with Crippen LogP contribution in [0.2, 0.25) is 0 Å². The number of likely N-dealkylation sites (tertiary alicyclic amines) is 1. The van der Waals surface area contributed by atoms with E-state index in [0.717, 1.165) is 30.0 Å². The predicted molar refractivity (Wildman–Crippen MR) is 163 cm³/mol. The lowest BCUT2D eigenvalue weighted by atomic mass is 9.71. The zero-order valence-electron chi connectivity index (χ0n) is 25.2. The van der Waals surface area contributed by atoms with E-state index in [-0.39, 0.29) is 11.3 Å². The van der Waals surface area contributed by atoms with E-state index in [1.54, 1.807) is 23.0 Å². The van der Waals surface area contributed by atoms with Gasteiger partial charge in [0.1, 0.15) is 11.5 Å². The SMILES string of the molecule is Cc1ncc(C(=O)Nc2cc(C(C)(C)C)on2)cc1-n1cc(-c2cccc(N3CCC4(CCN(C)CC4)CC3)c2)nn1. The van der Waals surface area contributed by atoms with Crippen LogP contribution in [0.1, 0.15) is 68.3 Å². The number of aromatic nitrogens is 5. The van der Waals surface area contributed by atoms with Gasteiger partial charge in [0.2, 0.25) is 0 Å². The first-order chi connectivity index (χ1) is 20.1. The second-order valence-electron chi connectivity index (χ2n) is 13.0. The maximum atomic E-state index is 13.0. The Labute approximate surface area is 247 Å². The molecule has 2 fully saturated rings. The third-order valence-corrected chi connectivity index (χ3v) is 8.93. The third-order valence-electron chi connectivity index (χ3n) is 8.93. The molecule has 4 aromatic rings. The van der Waals surface area contributed by atoms with Crippen LogP contribution in [0.4, 0.5) is 11.5 Å². The number of rotatable bonds is 5. The molecule has 5 heterocycles. The topological polar surface area (TPSA) is 105 Å². The lowest BCUT2D eigenvalue weighted by molar-refractivity contribution is 0.0945. The Morgan fingerprint density at radius 1 is 1.02 bits per heavy atom. The van der Waals surface area contributed by atoms with E-state index in [1.807, 2.05) is 33.9 Å². The number of carbonyl (C=O) groups excluding carboxylic acids is 1. The van der Waals surface area contributed by atoms with E-state index in [9.17, 15) is 4.79 Å². The fourth-order valence-corrected chi connectivity index (χ4v) is 5.96. The van der Waals surface area contributed by atoms with Crippen LogP contribution in [0.15, 0.2) is 53.3 Å². The summed E-state index contributed by atoms with van der Waals surface area (Å²) in [5, 5.41) is 15.7. The van der Waals surface area contributed by atoms with Crippen LogP contribution < -0.4 is 10.2 Å². The molecule has 2 aliphatic heterocycles. The molecule has 1 N–H and O–H groups in total. The summed E-state index contributed by atoms with van der Waals surface area (Å²) in [5.74, 6) is 0.737. The number of carbonyl (C=O) groups is 1. The first-order valence-electron chi connectivity index (χ1n) is 14.8. The Morgan fingerprint density at radius 2 is 1.76 bits per heavy atom. The van der Waals surface area contributed by atoms with Crippen molar-refractivity contribution < 1.29 is 9.32 Å². The van der Waals surface area contributed by atoms with Gasteiger partial charge in [-0.2, -0.15) is 0 Å². The fraction of sp³-hybridized carbons (Fsp3) is 0.469. The molecule has 1 spiro atoms. The minimum Gasteiger partial charge on any atom is -0.371 e. The van der Waals surface area contributed by atoms with Crippen LogP contribution in [-0.4, -0.2) is 69.2 Å². The maximum absolute atomic E-state index is 13.0. The minimum absolute atomic E-state index is 0.206. The molecule has 0 radical (unpaired) electrons. The van der Waals surface area contributed by atoms with Crippen molar-refractivity contribution in [1.29, 1.82) is 0 Å².